The first kappa shape index (κ1) is 22.0. The third-order valence-corrected chi connectivity index (χ3v) is 4.08. The third kappa shape index (κ3) is 5.59. The Morgan fingerprint density at radius 3 is 2.29 bits per heavy atom. The molecule has 0 unspecified atom stereocenters. The summed E-state index contributed by atoms with van der Waals surface area (Å²) in [6.07, 6.45) is -1.13. The topological polar surface area (TPSA) is 80.4 Å². The highest BCUT2D eigenvalue weighted by atomic mass is 35.5. The molecule has 0 aromatic carbocycles. The number of alkyl halides is 3. The van der Waals surface area contributed by atoms with Crippen LogP contribution in [0.2, 0.25) is 0 Å². The molecule has 7 nitrogen and oxygen atoms in total. The Hall–Kier alpha value is -2.33. The molecule has 3 rings (SSSR count). The van der Waals surface area contributed by atoms with E-state index in [1.807, 2.05) is 17.9 Å². The average molecular weight is 419 g/mol. The number of hydrogen-bond acceptors (Lipinski definition) is 7. The molecule has 2 N–H and O–H groups in total. The lowest BCUT2D eigenvalue weighted by molar-refractivity contribution is -0.138. The van der Waals surface area contributed by atoms with E-state index in [2.05, 4.69) is 19.9 Å². The van der Waals surface area contributed by atoms with Gasteiger partial charge in [0.15, 0.2) is 0 Å². The molecular weight excluding hydrogens is 397 g/mol. The minimum Gasteiger partial charge on any atom is -0.492 e. The van der Waals surface area contributed by atoms with Gasteiger partial charge in [0, 0.05) is 56.9 Å². The van der Waals surface area contributed by atoms with Gasteiger partial charge in [-0.1, -0.05) is 0 Å². The molecule has 0 bridgehead atoms. The van der Waals surface area contributed by atoms with Crippen molar-refractivity contribution in [1.29, 1.82) is 0 Å². The Balaban J connectivity index is 0.00000280. The number of hydrogen-bond donors (Lipinski definition) is 1. The van der Waals surface area contributed by atoms with Crippen LogP contribution in [0.3, 0.4) is 0 Å². The van der Waals surface area contributed by atoms with Crippen molar-refractivity contribution in [3.05, 3.63) is 36.3 Å². The van der Waals surface area contributed by atoms with Crippen molar-refractivity contribution in [2.75, 3.05) is 42.6 Å². The Morgan fingerprint density at radius 2 is 1.71 bits per heavy atom. The summed E-state index contributed by atoms with van der Waals surface area (Å²) in [6.45, 7) is 4.74. The SMILES string of the molecule is C[C@H](N)COc1ccnc(N2CCN(c3ncc(C(F)(F)F)cn3)CC2)c1.Cl. The van der Waals surface area contributed by atoms with E-state index in [0.717, 1.165) is 18.2 Å². The Labute approximate surface area is 167 Å². The van der Waals surface area contributed by atoms with Crippen LogP contribution in [-0.4, -0.2) is 53.8 Å². The molecule has 0 radical (unpaired) electrons. The van der Waals surface area contributed by atoms with Gasteiger partial charge < -0.3 is 20.3 Å². The van der Waals surface area contributed by atoms with Crippen molar-refractivity contribution in [2.24, 2.45) is 5.73 Å². The molecule has 2 aromatic rings. The second-order valence-electron chi connectivity index (χ2n) is 6.38. The molecule has 1 saturated heterocycles. The highest BCUT2D eigenvalue weighted by molar-refractivity contribution is 5.85. The Morgan fingerprint density at radius 1 is 1.11 bits per heavy atom. The largest absolute Gasteiger partial charge is 0.492 e. The fourth-order valence-corrected chi connectivity index (χ4v) is 2.66. The number of ether oxygens (including phenoxy) is 1. The van der Waals surface area contributed by atoms with Crippen LogP contribution in [0.5, 0.6) is 5.75 Å². The fourth-order valence-electron chi connectivity index (χ4n) is 2.66. The van der Waals surface area contributed by atoms with E-state index in [4.69, 9.17) is 10.5 Å². The van der Waals surface area contributed by atoms with Gasteiger partial charge in [0.25, 0.3) is 0 Å². The first-order valence-electron chi connectivity index (χ1n) is 8.56. The summed E-state index contributed by atoms with van der Waals surface area (Å²) in [6, 6.07) is 3.57. The standard InChI is InChI=1S/C17H21F3N6O.ClH/c1-12(21)11-27-14-2-3-22-15(8-14)25-4-6-26(7-5-25)16-23-9-13(10-24-16)17(18,19)20;/h2-3,8-10,12H,4-7,11,21H2,1H3;1H/t12-;/m0./s1. The van der Waals surface area contributed by atoms with Gasteiger partial charge in [-0.2, -0.15) is 13.2 Å². The molecule has 154 valence electrons. The first-order chi connectivity index (χ1) is 12.8. The highest BCUT2D eigenvalue weighted by Crippen LogP contribution is 2.28. The molecular formula is C17H22ClF3N6O. The summed E-state index contributed by atoms with van der Waals surface area (Å²) in [5, 5.41) is 0. The molecule has 3 heterocycles. The van der Waals surface area contributed by atoms with Crippen molar-refractivity contribution >= 4 is 24.2 Å². The van der Waals surface area contributed by atoms with E-state index < -0.39 is 11.7 Å². The zero-order valence-corrected chi connectivity index (χ0v) is 16.1. The number of halogens is 4. The van der Waals surface area contributed by atoms with Crippen LogP contribution in [0.15, 0.2) is 30.7 Å². The van der Waals surface area contributed by atoms with Gasteiger partial charge in [-0.3, -0.25) is 0 Å². The van der Waals surface area contributed by atoms with E-state index in [-0.39, 0.29) is 18.4 Å². The van der Waals surface area contributed by atoms with Crippen LogP contribution in [0.4, 0.5) is 24.9 Å². The molecule has 1 aliphatic heterocycles. The molecule has 11 heteroatoms. The highest BCUT2D eigenvalue weighted by Gasteiger charge is 2.31. The molecule has 0 saturated carbocycles. The summed E-state index contributed by atoms with van der Waals surface area (Å²) in [4.78, 5) is 16.0. The summed E-state index contributed by atoms with van der Waals surface area (Å²) in [7, 11) is 0. The molecule has 2 aromatic heterocycles. The summed E-state index contributed by atoms with van der Waals surface area (Å²) >= 11 is 0. The van der Waals surface area contributed by atoms with Crippen LogP contribution in [0.1, 0.15) is 12.5 Å². The van der Waals surface area contributed by atoms with Gasteiger partial charge in [0.1, 0.15) is 18.2 Å². The molecule has 1 fully saturated rings. The van der Waals surface area contributed by atoms with Crippen molar-refractivity contribution in [3.8, 4) is 5.75 Å². The van der Waals surface area contributed by atoms with Gasteiger partial charge in [0.2, 0.25) is 5.95 Å². The monoisotopic (exact) mass is 418 g/mol. The maximum Gasteiger partial charge on any atom is 0.419 e. The number of nitrogens with zero attached hydrogens (tertiary/aromatic N) is 5. The maximum absolute atomic E-state index is 12.6. The molecule has 28 heavy (non-hydrogen) atoms. The number of pyridine rings is 1. The number of piperazine rings is 1. The van der Waals surface area contributed by atoms with Gasteiger partial charge >= 0.3 is 6.18 Å². The Bertz CT molecular complexity index is 751. The third-order valence-electron chi connectivity index (χ3n) is 4.08. The van der Waals surface area contributed by atoms with Crippen molar-refractivity contribution in [2.45, 2.75) is 19.1 Å². The molecule has 1 atom stereocenters. The van der Waals surface area contributed by atoms with E-state index >= 15 is 0 Å². The van der Waals surface area contributed by atoms with Crippen LogP contribution < -0.4 is 20.3 Å². The van der Waals surface area contributed by atoms with Crippen LogP contribution in [0.25, 0.3) is 0 Å². The summed E-state index contributed by atoms with van der Waals surface area (Å²) < 4.78 is 43.4. The number of aromatic nitrogens is 3. The summed E-state index contributed by atoms with van der Waals surface area (Å²) in [5.41, 5.74) is 4.84. The first-order valence-corrected chi connectivity index (χ1v) is 8.56. The lowest BCUT2D eigenvalue weighted by Crippen LogP contribution is -2.47. The number of rotatable bonds is 5. The minimum absolute atomic E-state index is 0. The average Bonchev–Trinajstić information content (AvgIpc) is 2.66. The summed E-state index contributed by atoms with van der Waals surface area (Å²) in [5.74, 6) is 1.78. The fraction of sp³-hybridized carbons (Fsp3) is 0.471. The molecule has 0 spiro atoms. The normalized spacial score (nSPS) is 15.8. The van der Waals surface area contributed by atoms with Crippen molar-refractivity contribution in [3.63, 3.8) is 0 Å². The van der Waals surface area contributed by atoms with E-state index in [1.165, 1.54) is 0 Å². The van der Waals surface area contributed by atoms with Gasteiger partial charge in [-0.25, -0.2) is 15.0 Å². The Kier molecular flexibility index (Phi) is 7.25. The van der Waals surface area contributed by atoms with Gasteiger partial charge in [-0.15, -0.1) is 12.4 Å². The van der Waals surface area contributed by atoms with Crippen molar-refractivity contribution < 1.29 is 17.9 Å². The predicted octanol–water partition coefficient (Wildman–Crippen LogP) is 2.36. The maximum atomic E-state index is 12.6. The van der Waals surface area contributed by atoms with Gasteiger partial charge in [-0.05, 0) is 13.0 Å². The quantitative estimate of drug-likeness (QED) is 0.798. The smallest absolute Gasteiger partial charge is 0.419 e. The minimum atomic E-state index is -4.43. The molecule has 1 aliphatic rings. The van der Waals surface area contributed by atoms with Crippen molar-refractivity contribution in [1.82, 2.24) is 15.0 Å². The lowest BCUT2D eigenvalue weighted by atomic mass is 10.3. The number of nitrogens with two attached hydrogens (primary N) is 1. The van der Waals surface area contributed by atoms with Crippen LogP contribution in [-0.2, 0) is 6.18 Å². The van der Waals surface area contributed by atoms with E-state index in [9.17, 15) is 13.2 Å². The van der Waals surface area contributed by atoms with Crippen LogP contribution in [0, 0.1) is 0 Å². The number of anilines is 2. The molecule has 0 aliphatic carbocycles. The lowest BCUT2D eigenvalue weighted by Gasteiger charge is -2.35. The van der Waals surface area contributed by atoms with E-state index in [1.54, 1.807) is 12.3 Å². The zero-order valence-electron chi connectivity index (χ0n) is 15.3. The van der Waals surface area contributed by atoms with E-state index in [0.29, 0.717) is 44.5 Å². The second-order valence-corrected chi connectivity index (χ2v) is 6.38. The second kappa shape index (κ2) is 9.24. The molecule has 0 amide bonds. The predicted molar refractivity (Wildman–Crippen MR) is 102 cm³/mol. The van der Waals surface area contributed by atoms with Crippen LogP contribution >= 0.6 is 12.4 Å². The zero-order chi connectivity index (χ0) is 19.4. The van der Waals surface area contributed by atoms with Gasteiger partial charge in [0.05, 0.1) is 5.56 Å².